The number of likely N-dealkylation sites (N-methyl/N-ethyl adjacent to an activating group) is 1. The minimum Gasteiger partial charge on any atom is -0.339 e. The van der Waals surface area contributed by atoms with Crippen LogP contribution in [0.25, 0.3) is 11.5 Å². The first-order chi connectivity index (χ1) is 9.63. The highest BCUT2D eigenvalue weighted by molar-refractivity contribution is 5.47. The fraction of sp³-hybridized carbons (Fsp3) is 0.533. The maximum absolute atomic E-state index is 5.47. The van der Waals surface area contributed by atoms with E-state index in [1.807, 2.05) is 18.2 Å². The van der Waals surface area contributed by atoms with Gasteiger partial charge in [-0.2, -0.15) is 4.98 Å². The fourth-order valence-corrected chi connectivity index (χ4v) is 2.49. The van der Waals surface area contributed by atoms with Crippen molar-refractivity contribution in [2.75, 3.05) is 6.54 Å². The lowest BCUT2D eigenvalue weighted by Crippen LogP contribution is -2.34. The van der Waals surface area contributed by atoms with Crippen molar-refractivity contribution in [3.05, 3.63) is 30.3 Å². The maximum atomic E-state index is 5.47. The summed E-state index contributed by atoms with van der Waals surface area (Å²) in [6.45, 7) is 9.51. The highest BCUT2D eigenvalue weighted by Crippen LogP contribution is 2.28. The van der Waals surface area contributed by atoms with E-state index in [1.165, 1.54) is 0 Å². The van der Waals surface area contributed by atoms with Gasteiger partial charge in [-0.15, -0.1) is 0 Å². The molecule has 0 aliphatic carbocycles. The summed E-state index contributed by atoms with van der Waals surface area (Å²) in [5, 5.41) is 7.49. The Morgan fingerprint density at radius 3 is 2.65 bits per heavy atom. The molecule has 0 aromatic carbocycles. The Labute approximate surface area is 119 Å². The smallest absolute Gasteiger partial charge is 0.231 e. The van der Waals surface area contributed by atoms with Crippen LogP contribution in [0.3, 0.4) is 0 Å². The molecule has 0 saturated heterocycles. The molecule has 2 unspecified atom stereocenters. The SMILES string of the molecule is CCNC(C)C(c1nc(-c2ccccn2)no1)C(C)C. The van der Waals surface area contributed by atoms with Crippen LogP contribution in [0.4, 0.5) is 0 Å². The van der Waals surface area contributed by atoms with Crippen LogP contribution in [0, 0.1) is 5.92 Å². The normalized spacial score (nSPS) is 14.4. The number of rotatable bonds is 6. The van der Waals surface area contributed by atoms with Crippen molar-refractivity contribution in [3.8, 4) is 11.5 Å². The highest BCUT2D eigenvalue weighted by atomic mass is 16.5. The van der Waals surface area contributed by atoms with E-state index in [4.69, 9.17) is 4.52 Å². The second kappa shape index (κ2) is 6.61. The molecular formula is C15H22N4O. The molecule has 2 rings (SSSR count). The van der Waals surface area contributed by atoms with Gasteiger partial charge in [0.05, 0.1) is 5.92 Å². The van der Waals surface area contributed by atoms with E-state index in [0.717, 1.165) is 12.2 Å². The summed E-state index contributed by atoms with van der Waals surface area (Å²) in [7, 11) is 0. The van der Waals surface area contributed by atoms with E-state index in [1.54, 1.807) is 6.20 Å². The summed E-state index contributed by atoms with van der Waals surface area (Å²) in [6, 6.07) is 5.96. The first kappa shape index (κ1) is 14.7. The zero-order chi connectivity index (χ0) is 14.5. The monoisotopic (exact) mass is 274 g/mol. The van der Waals surface area contributed by atoms with Gasteiger partial charge < -0.3 is 9.84 Å². The van der Waals surface area contributed by atoms with Gasteiger partial charge in [0, 0.05) is 12.2 Å². The van der Waals surface area contributed by atoms with Crippen LogP contribution >= 0.6 is 0 Å². The van der Waals surface area contributed by atoms with Crippen LogP contribution in [0.5, 0.6) is 0 Å². The third-order valence-corrected chi connectivity index (χ3v) is 3.40. The highest BCUT2D eigenvalue weighted by Gasteiger charge is 2.28. The molecule has 5 nitrogen and oxygen atoms in total. The van der Waals surface area contributed by atoms with E-state index in [0.29, 0.717) is 17.6 Å². The molecule has 0 saturated carbocycles. The van der Waals surface area contributed by atoms with Gasteiger partial charge in [-0.3, -0.25) is 4.98 Å². The zero-order valence-corrected chi connectivity index (χ0v) is 12.5. The van der Waals surface area contributed by atoms with Crippen LogP contribution < -0.4 is 5.32 Å². The molecule has 0 radical (unpaired) electrons. The summed E-state index contributed by atoms with van der Waals surface area (Å²) in [5.41, 5.74) is 0.737. The van der Waals surface area contributed by atoms with Gasteiger partial charge in [0.25, 0.3) is 0 Å². The van der Waals surface area contributed by atoms with Gasteiger partial charge in [-0.1, -0.05) is 32.0 Å². The minimum absolute atomic E-state index is 0.194. The number of nitrogens with one attached hydrogen (secondary N) is 1. The fourth-order valence-electron chi connectivity index (χ4n) is 2.49. The van der Waals surface area contributed by atoms with E-state index < -0.39 is 0 Å². The molecule has 5 heteroatoms. The molecule has 2 heterocycles. The van der Waals surface area contributed by atoms with E-state index in [2.05, 4.69) is 48.1 Å². The number of pyridine rings is 1. The Morgan fingerprint density at radius 2 is 2.05 bits per heavy atom. The summed E-state index contributed by atoms with van der Waals surface area (Å²) in [5.74, 6) is 1.84. The molecule has 0 aliphatic heterocycles. The number of nitrogens with zero attached hydrogens (tertiary/aromatic N) is 3. The molecule has 2 atom stereocenters. The van der Waals surface area contributed by atoms with E-state index in [-0.39, 0.29) is 12.0 Å². The van der Waals surface area contributed by atoms with E-state index >= 15 is 0 Å². The second-order valence-electron chi connectivity index (χ2n) is 5.29. The van der Waals surface area contributed by atoms with Crippen LogP contribution in [-0.2, 0) is 0 Å². The van der Waals surface area contributed by atoms with Gasteiger partial charge in [-0.05, 0) is 31.5 Å². The third kappa shape index (κ3) is 3.22. The first-order valence-corrected chi connectivity index (χ1v) is 7.11. The quantitative estimate of drug-likeness (QED) is 0.877. The molecule has 0 bridgehead atoms. The van der Waals surface area contributed by atoms with Crippen molar-refractivity contribution in [1.29, 1.82) is 0 Å². The van der Waals surface area contributed by atoms with Gasteiger partial charge in [0.1, 0.15) is 5.69 Å². The van der Waals surface area contributed by atoms with Crippen LogP contribution in [0.15, 0.2) is 28.9 Å². The molecular weight excluding hydrogens is 252 g/mol. The molecule has 2 aromatic heterocycles. The molecule has 0 amide bonds. The molecule has 108 valence electrons. The van der Waals surface area contributed by atoms with Gasteiger partial charge in [0.2, 0.25) is 11.7 Å². The number of aromatic nitrogens is 3. The van der Waals surface area contributed by atoms with Crippen molar-refractivity contribution in [2.24, 2.45) is 5.92 Å². The van der Waals surface area contributed by atoms with Gasteiger partial charge >= 0.3 is 0 Å². The number of hydrogen-bond acceptors (Lipinski definition) is 5. The maximum Gasteiger partial charge on any atom is 0.231 e. The minimum atomic E-state index is 0.194. The lowest BCUT2D eigenvalue weighted by Gasteiger charge is -2.24. The molecule has 0 fully saturated rings. The Morgan fingerprint density at radius 1 is 1.25 bits per heavy atom. The van der Waals surface area contributed by atoms with Crippen molar-refractivity contribution in [1.82, 2.24) is 20.4 Å². The number of hydrogen-bond donors (Lipinski definition) is 1. The van der Waals surface area contributed by atoms with Gasteiger partial charge in [-0.25, -0.2) is 0 Å². The summed E-state index contributed by atoms with van der Waals surface area (Å²) >= 11 is 0. The standard InChI is InChI=1S/C15H22N4O/c1-5-16-11(4)13(10(2)3)15-18-14(19-20-15)12-8-6-7-9-17-12/h6-11,13,16H,5H2,1-4H3. The van der Waals surface area contributed by atoms with Crippen LogP contribution in [0.1, 0.15) is 39.5 Å². The summed E-state index contributed by atoms with van der Waals surface area (Å²) in [4.78, 5) is 8.77. The lowest BCUT2D eigenvalue weighted by molar-refractivity contribution is 0.281. The summed E-state index contributed by atoms with van der Waals surface area (Å²) < 4.78 is 5.47. The van der Waals surface area contributed by atoms with Gasteiger partial charge in [0.15, 0.2) is 0 Å². The van der Waals surface area contributed by atoms with Crippen molar-refractivity contribution in [2.45, 2.75) is 39.7 Å². The third-order valence-electron chi connectivity index (χ3n) is 3.40. The Hall–Kier alpha value is -1.75. The predicted octanol–water partition coefficient (Wildman–Crippen LogP) is 2.87. The molecule has 1 N–H and O–H groups in total. The molecule has 20 heavy (non-hydrogen) atoms. The zero-order valence-electron chi connectivity index (χ0n) is 12.5. The largest absolute Gasteiger partial charge is 0.339 e. The Kier molecular flexibility index (Phi) is 4.84. The Bertz CT molecular complexity index is 524. The average Bonchev–Trinajstić information content (AvgIpc) is 2.89. The Balaban J connectivity index is 2.25. The van der Waals surface area contributed by atoms with Crippen LogP contribution in [-0.4, -0.2) is 27.7 Å². The summed E-state index contributed by atoms with van der Waals surface area (Å²) in [6.07, 6.45) is 1.73. The lowest BCUT2D eigenvalue weighted by atomic mass is 9.89. The second-order valence-corrected chi connectivity index (χ2v) is 5.29. The topological polar surface area (TPSA) is 63.8 Å². The first-order valence-electron chi connectivity index (χ1n) is 7.11. The van der Waals surface area contributed by atoms with Crippen molar-refractivity contribution < 1.29 is 4.52 Å². The van der Waals surface area contributed by atoms with E-state index in [9.17, 15) is 0 Å². The predicted molar refractivity (Wildman–Crippen MR) is 78.2 cm³/mol. The average molecular weight is 274 g/mol. The molecule has 0 aliphatic rings. The van der Waals surface area contributed by atoms with Crippen molar-refractivity contribution in [3.63, 3.8) is 0 Å². The molecule has 0 spiro atoms. The molecule has 2 aromatic rings. The van der Waals surface area contributed by atoms with Crippen molar-refractivity contribution >= 4 is 0 Å². The van der Waals surface area contributed by atoms with Crippen LogP contribution in [0.2, 0.25) is 0 Å².